The molecule has 27 heavy (non-hydrogen) atoms. The van der Waals surface area contributed by atoms with E-state index in [1.807, 2.05) is 36.4 Å². The topological polar surface area (TPSA) is 108 Å². The molecule has 2 heterocycles. The van der Waals surface area contributed by atoms with Crippen LogP contribution in [0, 0.1) is 0 Å². The second-order valence-electron chi connectivity index (χ2n) is 5.96. The molecular formula is C19H14ClN5O2. The lowest BCUT2D eigenvalue weighted by atomic mass is 10.0. The van der Waals surface area contributed by atoms with Crippen molar-refractivity contribution < 1.29 is 9.90 Å². The van der Waals surface area contributed by atoms with Gasteiger partial charge < -0.3 is 10.1 Å². The summed E-state index contributed by atoms with van der Waals surface area (Å²) < 4.78 is 0. The Bertz CT molecular complexity index is 1130. The number of carbonyl (C=O) groups is 1. The summed E-state index contributed by atoms with van der Waals surface area (Å²) in [5.41, 5.74) is 3.17. The van der Waals surface area contributed by atoms with Crippen LogP contribution in [0.2, 0.25) is 5.02 Å². The molecule has 0 amide bonds. The molecule has 0 saturated carbocycles. The van der Waals surface area contributed by atoms with Crippen LogP contribution in [-0.4, -0.2) is 36.5 Å². The third-order valence-electron chi connectivity index (χ3n) is 4.15. The molecule has 0 aliphatic heterocycles. The predicted octanol–water partition coefficient (Wildman–Crippen LogP) is 3.71. The Hall–Kier alpha value is -3.45. The van der Waals surface area contributed by atoms with Crippen LogP contribution in [0.3, 0.4) is 0 Å². The maximum absolute atomic E-state index is 12.2. The van der Waals surface area contributed by atoms with Crippen LogP contribution >= 0.6 is 11.6 Å². The summed E-state index contributed by atoms with van der Waals surface area (Å²) in [6.07, 6.45) is 1.64. The number of fused-ring (bicyclic) bond motifs is 1. The Labute approximate surface area is 158 Å². The fourth-order valence-corrected chi connectivity index (χ4v) is 3.14. The first-order chi connectivity index (χ1) is 13.1. The number of nitrogens with one attached hydrogen (secondary N) is 2. The highest BCUT2D eigenvalue weighted by atomic mass is 35.5. The summed E-state index contributed by atoms with van der Waals surface area (Å²) >= 11 is 6.14. The van der Waals surface area contributed by atoms with E-state index in [0.717, 1.165) is 28.2 Å². The van der Waals surface area contributed by atoms with Crippen molar-refractivity contribution in [3.8, 4) is 0 Å². The zero-order valence-corrected chi connectivity index (χ0v) is 14.7. The standard InChI is InChI=1S/C19H14ClN5O2/c20-12-6-7-14-13(9-12)18(15(21-14)8-11-4-2-1-3-5-11)16(26)10-17(27)19-22-24-25-23-19/h1-7,9-10,21,26H,8H2,(H,22,23,24,25). The molecule has 8 heteroatoms. The minimum Gasteiger partial charge on any atom is -0.507 e. The van der Waals surface area contributed by atoms with E-state index in [9.17, 15) is 9.90 Å². The molecule has 0 radical (unpaired) electrons. The molecule has 3 N–H and O–H groups in total. The number of benzene rings is 2. The van der Waals surface area contributed by atoms with Crippen molar-refractivity contribution in [2.75, 3.05) is 0 Å². The van der Waals surface area contributed by atoms with Crippen molar-refractivity contribution in [3.63, 3.8) is 0 Å². The fraction of sp³-hybridized carbons (Fsp3) is 0.0526. The van der Waals surface area contributed by atoms with Gasteiger partial charge in [-0.1, -0.05) is 41.9 Å². The first-order valence-electron chi connectivity index (χ1n) is 8.14. The van der Waals surface area contributed by atoms with Gasteiger partial charge in [-0.25, -0.2) is 0 Å². The van der Waals surface area contributed by atoms with Gasteiger partial charge in [0, 0.05) is 39.7 Å². The van der Waals surface area contributed by atoms with Gasteiger partial charge in [-0.05, 0) is 29.0 Å². The number of halogens is 1. The summed E-state index contributed by atoms with van der Waals surface area (Å²) in [7, 11) is 0. The molecule has 0 aliphatic rings. The van der Waals surface area contributed by atoms with Crippen molar-refractivity contribution in [3.05, 3.63) is 82.3 Å². The van der Waals surface area contributed by atoms with Gasteiger partial charge in [0.2, 0.25) is 11.6 Å². The molecule has 134 valence electrons. The highest BCUT2D eigenvalue weighted by Gasteiger charge is 2.18. The predicted molar refractivity (Wildman–Crippen MR) is 102 cm³/mol. The lowest BCUT2D eigenvalue weighted by molar-refractivity contribution is 0.103. The highest BCUT2D eigenvalue weighted by molar-refractivity contribution is 6.31. The monoisotopic (exact) mass is 379 g/mol. The SMILES string of the molecule is O=C(C=C(O)c1c(Cc2ccccc2)[nH]c2ccc(Cl)cc12)c1nn[nH]n1. The normalized spacial score (nSPS) is 11.8. The molecule has 0 aliphatic carbocycles. The molecular weight excluding hydrogens is 366 g/mol. The number of tetrazole rings is 1. The van der Waals surface area contributed by atoms with Crippen molar-refractivity contribution in [2.24, 2.45) is 0 Å². The number of aromatic nitrogens is 5. The van der Waals surface area contributed by atoms with Crippen molar-refractivity contribution in [1.29, 1.82) is 0 Å². The average molecular weight is 380 g/mol. The largest absolute Gasteiger partial charge is 0.507 e. The van der Waals surface area contributed by atoms with Crippen LogP contribution in [0.5, 0.6) is 0 Å². The van der Waals surface area contributed by atoms with E-state index in [-0.39, 0.29) is 11.6 Å². The summed E-state index contributed by atoms with van der Waals surface area (Å²) in [5, 5.41) is 24.8. The first-order valence-corrected chi connectivity index (χ1v) is 8.52. The number of rotatable bonds is 5. The molecule has 0 saturated heterocycles. The van der Waals surface area contributed by atoms with Crippen molar-refractivity contribution >= 4 is 34.0 Å². The van der Waals surface area contributed by atoms with E-state index < -0.39 is 5.78 Å². The molecule has 0 fully saturated rings. The Morgan fingerprint density at radius 2 is 2.00 bits per heavy atom. The molecule has 2 aromatic heterocycles. The maximum atomic E-state index is 12.2. The number of ketones is 1. The van der Waals surface area contributed by atoms with E-state index in [2.05, 4.69) is 25.6 Å². The van der Waals surface area contributed by atoms with Gasteiger partial charge in [0.15, 0.2) is 0 Å². The second kappa shape index (κ2) is 7.05. The number of hydrogen-bond acceptors (Lipinski definition) is 5. The molecule has 0 atom stereocenters. The van der Waals surface area contributed by atoms with Gasteiger partial charge >= 0.3 is 0 Å². The molecule has 4 rings (SSSR count). The summed E-state index contributed by atoms with van der Waals surface area (Å²) in [6, 6.07) is 15.2. The smallest absolute Gasteiger partial charge is 0.244 e. The number of allylic oxidation sites excluding steroid dienone is 1. The Kier molecular flexibility index (Phi) is 4.43. The lowest BCUT2D eigenvalue weighted by Crippen LogP contribution is -2.01. The summed E-state index contributed by atoms with van der Waals surface area (Å²) in [4.78, 5) is 15.5. The van der Waals surface area contributed by atoms with Crippen LogP contribution in [-0.2, 0) is 6.42 Å². The Morgan fingerprint density at radius 1 is 1.19 bits per heavy atom. The molecule has 0 spiro atoms. The number of carbonyl (C=O) groups excluding carboxylic acids is 1. The van der Waals surface area contributed by atoms with Gasteiger partial charge in [-0.15, -0.1) is 10.2 Å². The number of aliphatic hydroxyl groups is 1. The van der Waals surface area contributed by atoms with E-state index >= 15 is 0 Å². The summed E-state index contributed by atoms with van der Waals surface area (Å²) in [6.45, 7) is 0. The summed E-state index contributed by atoms with van der Waals surface area (Å²) in [5.74, 6) is -0.864. The number of H-pyrrole nitrogens is 2. The van der Waals surface area contributed by atoms with Crippen molar-refractivity contribution in [1.82, 2.24) is 25.6 Å². The molecule has 7 nitrogen and oxygen atoms in total. The molecule has 0 unspecified atom stereocenters. The molecule has 4 aromatic rings. The van der Waals surface area contributed by atoms with Crippen LogP contribution in [0.15, 0.2) is 54.6 Å². The minimum absolute atomic E-state index is 0.121. The second-order valence-corrected chi connectivity index (χ2v) is 6.40. The quantitative estimate of drug-likeness (QED) is 0.278. The van der Waals surface area contributed by atoms with Crippen molar-refractivity contribution in [2.45, 2.75) is 6.42 Å². The number of aliphatic hydroxyl groups excluding tert-OH is 1. The van der Waals surface area contributed by atoms with E-state index in [1.165, 1.54) is 0 Å². The van der Waals surface area contributed by atoms with Gasteiger partial charge in [0.1, 0.15) is 5.76 Å². The van der Waals surface area contributed by atoms with E-state index in [0.29, 0.717) is 17.0 Å². The van der Waals surface area contributed by atoms with E-state index in [1.54, 1.807) is 12.1 Å². The van der Waals surface area contributed by atoms with Crippen LogP contribution in [0.1, 0.15) is 27.4 Å². The van der Waals surface area contributed by atoms with E-state index in [4.69, 9.17) is 11.6 Å². The number of aromatic amines is 2. The van der Waals surface area contributed by atoms with Crippen LogP contribution in [0.4, 0.5) is 0 Å². The van der Waals surface area contributed by atoms with Gasteiger partial charge in [0.05, 0.1) is 0 Å². The molecule has 0 bridgehead atoms. The Balaban J connectivity index is 1.82. The van der Waals surface area contributed by atoms with Crippen LogP contribution < -0.4 is 0 Å². The zero-order chi connectivity index (χ0) is 18.8. The lowest BCUT2D eigenvalue weighted by Gasteiger charge is -2.05. The molecule has 2 aromatic carbocycles. The number of nitrogens with zero attached hydrogens (tertiary/aromatic N) is 3. The third kappa shape index (κ3) is 3.45. The zero-order valence-electron chi connectivity index (χ0n) is 14.0. The third-order valence-corrected chi connectivity index (χ3v) is 4.39. The fourth-order valence-electron chi connectivity index (χ4n) is 2.97. The Morgan fingerprint density at radius 3 is 2.74 bits per heavy atom. The minimum atomic E-state index is -0.553. The van der Waals surface area contributed by atoms with Gasteiger partial charge in [0.25, 0.3) is 0 Å². The van der Waals surface area contributed by atoms with Gasteiger partial charge in [-0.3, -0.25) is 4.79 Å². The maximum Gasteiger partial charge on any atom is 0.244 e. The highest BCUT2D eigenvalue weighted by Crippen LogP contribution is 2.31. The number of hydrogen-bond donors (Lipinski definition) is 3. The van der Waals surface area contributed by atoms with Gasteiger partial charge in [-0.2, -0.15) is 5.21 Å². The average Bonchev–Trinajstić information content (AvgIpc) is 3.30. The van der Waals surface area contributed by atoms with Crippen LogP contribution in [0.25, 0.3) is 16.7 Å². The first kappa shape index (κ1) is 17.0.